The van der Waals surface area contributed by atoms with Crippen LogP contribution in [0.25, 0.3) is 0 Å². The molecule has 0 spiro atoms. The molecular weight excluding hydrogens is 963 g/mol. The van der Waals surface area contributed by atoms with Crippen LogP contribution in [-0.4, -0.2) is 193 Å². The van der Waals surface area contributed by atoms with Crippen molar-refractivity contribution in [3.05, 3.63) is 24.3 Å². The average molecular weight is 1060 g/mol. The number of hydrogen-bond donors (Lipinski definition) is 12. The molecule has 0 aromatic rings. The van der Waals surface area contributed by atoms with Crippen molar-refractivity contribution in [2.75, 3.05) is 26.4 Å². The summed E-state index contributed by atoms with van der Waals surface area (Å²) in [4.78, 5) is 13.2. The van der Waals surface area contributed by atoms with Crippen LogP contribution in [0.5, 0.6) is 0 Å². The lowest BCUT2D eigenvalue weighted by atomic mass is 9.96. The first-order chi connectivity index (χ1) is 35.8. The van der Waals surface area contributed by atoms with Gasteiger partial charge in [0.1, 0.15) is 73.2 Å². The van der Waals surface area contributed by atoms with E-state index in [-0.39, 0.29) is 18.9 Å². The molecule has 3 heterocycles. The Labute approximate surface area is 441 Å². The normalized spacial score (nSPS) is 31.6. The number of hydrogen-bond acceptors (Lipinski definition) is 18. The molecule has 0 aromatic carbocycles. The van der Waals surface area contributed by atoms with Crippen LogP contribution in [-0.2, 0) is 33.2 Å². The minimum Gasteiger partial charge on any atom is -0.394 e. The Kier molecular flexibility index (Phi) is 35.6. The molecule has 17 unspecified atom stereocenters. The topological polar surface area (TPSA) is 307 Å². The Bertz CT molecular complexity index is 1460. The summed E-state index contributed by atoms with van der Waals surface area (Å²) in [5.41, 5.74) is 0. The van der Waals surface area contributed by atoms with E-state index in [9.17, 15) is 61.0 Å². The molecule has 0 aromatic heterocycles. The average Bonchev–Trinajstić information content (AvgIpc) is 3.40. The third kappa shape index (κ3) is 24.1. The second-order valence-electron chi connectivity index (χ2n) is 20.8. The van der Waals surface area contributed by atoms with Gasteiger partial charge in [0.25, 0.3) is 0 Å². The maximum atomic E-state index is 13.2. The van der Waals surface area contributed by atoms with Crippen LogP contribution in [0.3, 0.4) is 0 Å². The van der Waals surface area contributed by atoms with E-state index < -0.39 is 124 Å². The Morgan fingerprint density at radius 1 is 0.473 bits per heavy atom. The monoisotopic (exact) mass is 1060 g/mol. The first-order valence-electron chi connectivity index (χ1n) is 28.6. The molecule has 12 N–H and O–H groups in total. The lowest BCUT2D eigenvalue weighted by Crippen LogP contribution is -2.66. The predicted octanol–water partition coefficient (Wildman–Crippen LogP) is 3.98. The van der Waals surface area contributed by atoms with Gasteiger partial charge in [-0.2, -0.15) is 0 Å². The number of aliphatic hydroxyl groups is 11. The van der Waals surface area contributed by atoms with E-state index in [0.717, 1.165) is 38.5 Å². The van der Waals surface area contributed by atoms with E-state index >= 15 is 0 Å². The molecule has 74 heavy (non-hydrogen) atoms. The lowest BCUT2D eigenvalue weighted by Gasteiger charge is -2.48. The van der Waals surface area contributed by atoms with E-state index in [1.165, 1.54) is 116 Å². The first kappa shape index (κ1) is 66.5. The van der Waals surface area contributed by atoms with Gasteiger partial charge in [-0.25, -0.2) is 0 Å². The molecule has 3 fully saturated rings. The van der Waals surface area contributed by atoms with Crippen LogP contribution in [0.15, 0.2) is 24.3 Å². The summed E-state index contributed by atoms with van der Waals surface area (Å²) in [5, 5.41) is 120. The fourth-order valence-electron chi connectivity index (χ4n) is 9.74. The molecule has 434 valence electrons. The highest BCUT2D eigenvalue weighted by molar-refractivity contribution is 5.76. The number of aliphatic hydroxyl groups excluding tert-OH is 11. The molecule has 19 nitrogen and oxygen atoms in total. The van der Waals surface area contributed by atoms with Crippen LogP contribution >= 0.6 is 0 Å². The minimum atomic E-state index is -1.98. The molecule has 0 aliphatic carbocycles. The van der Waals surface area contributed by atoms with E-state index in [2.05, 4.69) is 31.3 Å². The number of allylic oxidation sites excluding steroid dienone is 3. The highest BCUT2D eigenvalue weighted by atomic mass is 16.8. The summed E-state index contributed by atoms with van der Waals surface area (Å²) in [6.07, 6.45) is 11.8. The number of carbonyl (C=O) groups excluding carboxylic acids is 1. The fourth-order valence-corrected chi connectivity index (χ4v) is 9.74. The van der Waals surface area contributed by atoms with Gasteiger partial charge in [-0.05, 0) is 32.1 Å². The van der Waals surface area contributed by atoms with Crippen molar-refractivity contribution in [2.24, 2.45) is 0 Å². The van der Waals surface area contributed by atoms with Gasteiger partial charge in [-0.1, -0.05) is 173 Å². The van der Waals surface area contributed by atoms with Gasteiger partial charge in [-0.15, -0.1) is 0 Å². The third-order valence-corrected chi connectivity index (χ3v) is 14.5. The van der Waals surface area contributed by atoms with Crippen molar-refractivity contribution in [3.8, 4) is 0 Å². The number of unbranched alkanes of at least 4 members (excludes halogenated alkanes) is 23. The van der Waals surface area contributed by atoms with Gasteiger partial charge in [0.2, 0.25) is 5.91 Å². The van der Waals surface area contributed by atoms with Crippen molar-refractivity contribution in [1.29, 1.82) is 0 Å². The van der Waals surface area contributed by atoms with Gasteiger partial charge >= 0.3 is 0 Å². The molecule has 3 aliphatic heterocycles. The van der Waals surface area contributed by atoms with E-state index in [4.69, 9.17) is 28.4 Å². The number of nitrogens with one attached hydrogen (secondary N) is 1. The number of amides is 1. The molecule has 3 aliphatic rings. The molecule has 17 atom stereocenters. The SMILES string of the molecule is CCCCCCCCCCCCCC/C=C/CC/C=C/C(O)C(COC1OC(CO)C(OC2OC(CO)C(OC3OC(CO)C(O)C(O)C3O)C(O)C2O)C(O)C1O)NC(=O)CCCCCCCCCCCCC. The molecule has 0 bridgehead atoms. The summed E-state index contributed by atoms with van der Waals surface area (Å²) in [6.45, 7) is 1.68. The Morgan fingerprint density at radius 3 is 1.35 bits per heavy atom. The van der Waals surface area contributed by atoms with E-state index in [1.807, 2.05) is 6.08 Å². The first-order valence-corrected chi connectivity index (χ1v) is 28.6. The summed E-state index contributed by atoms with van der Waals surface area (Å²) in [5.74, 6) is -0.287. The van der Waals surface area contributed by atoms with Crippen molar-refractivity contribution in [1.82, 2.24) is 5.32 Å². The summed E-state index contributed by atoms with van der Waals surface area (Å²) in [6, 6.07) is -0.983. The van der Waals surface area contributed by atoms with Gasteiger partial charge in [-0.3, -0.25) is 4.79 Å². The van der Waals surface area contributed by atoms with Crippen LogP contribution in [0, 0.1) is 0 Å². The van der Waals surface area contributed by atoms with Crippen LogP contribution < -0.4 is 5.32 Å². The minimum absolute atomic E-state index is 0.238. The Hall–Kier alpha value is -1.73. The zero-order valence-electron chi connectivity index (χ0n) is 44.8. The summed E-state index contributed by atoms with van der Waals surface area (Å²) in [7, 11) is 0. The maximum absolute atomic E-state index is 13.2. The molecule has 1 amide bonds. The highest BCUT2D eigenvalue weighted by Crippen LogP contribution is 2.33. The zero-order chi connectivity index (χ0) is 54.1. The number of rotatable bonds is 41. The standard InChI is InChI=1S/C55H101NO18/c1-3-5-7-9-11-13-15-16-17-18-19-20-21-23-24-26-28-30-32-39(60)38(56-43(61)33-31-29-27-25-22-14-12-10-8-6-4-2)37-69-53-49(67)46(64)51(41(35-58)71-53)74-55-50(68)47(65)52(42(36-59)72-55)73-54-48(66)45(63)44(62)40(34-57)70-54/h23-24,30,32,38-42,44-55,57-60,62-68H,3-22,25-29,31,33-37H2,1-2H3,(H,56,61)/b24-23+,32-30+. The van der Waals surface area contributed by atoms with Gasteiger partial charge in [0, 0.05) is 6.42 Å². The zero-order valence-corrected chi connectivity index (χ0v) is 44.8. The van der Waals surface area contributed by atoms with Gasteiger partial charge in [0.15, 0.2) is 18.9 Å². The largest absolute Gasteiger partial charge is 0.394 e. The molecule has 19 heteroatoms. The molecular formula is C55H101NO18. The third-order valence-electron chi connectivity index (χ3n) is 14.5. The Balaban J connectivity index is 1.53. The molecule has 0 radical (unpaired) electrons. The second kappa shape index (κ2) is 39.6. The second-order valence-corrected chi connectivity index (χ2v) is 20.8. The van der Waals surface area contributed by atoms with Gasteiger partial charge < -0.3 is 89.9 Å². The van der Waals surface area contributed by atoms with Crippen molar-refractivity contribution in [2.45, 2.75) is 291 Å². The predicted molar refractivity (Wildman–Crippen MR) is 277 cm³/mol. The van der Waals surface area contributed by atoms with Crippen LogP contribution in [0.4, 0.5) is 0 Å². The van der Waals surface area contributed by atoms with Crippen molar-refractivity contribution >= 4 is 5.91 Å². The van der Waals surface area contributed by atoms with Crippen molar-refractivity contribution in [3.63, 3.8) is 0 Å². The quantitative estimate of drug-likeness (QED) is 0.0304. The number of ether oxygens (including phenoxy) is 6. The van der Waals surface area contributed by atoms with Crippen molar-refractivity contribution < 1.29 is 89.4 Å². The van der Waals surface area contributed by atoms with E-state index in [0.29, 0.717) is 12.8 Å². The van der Waals surface area contributed by atoms with Gasteiger partial charge in [0.05, 0.1) is 38.6 Å². The fraction of sp³-hybridized carbons (Fsp3) is 0.909. The number of carbonyl (C=O) groups is 1. The highest BCUT2D eigenvalue weighted by Gasteiger charge is 2.53. The Morgan fingerprint density at radius 2 is 0.865 bits per heavy atom. The molecule has 3 rings (SSSR count). The van der Waals surface area contributed by atoms with E-state index in [1.54, 1.807) is 6.08 Å². The molecule has 0 saturated carbocycles. The summed E-state index contributed by atoms with van der Waals surface area (Å²) >= 11 is 0. The molecule has 3 saturated heterocycles. The lowest BCUT2D eigenvalue weighted by molar-refractivity contribution is -0.379. The summed E-state index contributed by atoms with van der Waals surface area (Å²) < 4.78 is 34.2. The maximum Gasteiger partial charge on any atom is 0.220 e. The van der Waals surface area contributed by atoms with Crippen LogP contribution in [0.2, 0.25) is 0 Å². The van der Waals surface area contributed by atoms with Crippen LogP contribution in [0.1, 0.15) is 187 Å². The smallest absolute Gasteiger partial charge is 0.220 e.